The Morgan fingerprint density at radius 3 is 3.12 bits per heavy atom. The van der Waals surface area contributed by atoms with Gasteiger partial charge in [0.25, 0.3) is 0 Å². The molecule has 1 saturated carbocycles. The lowest BCUT2D eigenvalue weighted by Crippen LogP contribution is -2.29. The molecule has 2 N–H and O–H groups in total. The fourth-order valence-corrected chi connectivity index (χ4v) is 2.44. The van der Waals surface area contributed by atoms with Gasteiger partial charge in [-0.05, 0) is 25.3 Å². The topological polar surface area (TPSA) is 80.0 Å². The van der Waals surface area contributed by atoms with Crippen molar-refractivity contribution in [3.05, 3.63) is 12.2 Å². The molecule has 0 amide bonds. The van der Waals surface area contributed by atoms with Crippen LogP contribution in [0.2, 0.25) is 0 Å². The third kappa shape index (κ3) is 2.82. The first-order valence-corrected chi connectivity index (χ1v) is 5.95. The molecule has 1 aromatic rings. The number of aryl methyl sites for hydroxylation is 1. The van der Waals surface area contributed by atoms with Gasteiger partial charge in [-0.2, -0.15) is 0 Å². The van der Waals surface area contributed by atoms with Gasteiger partial charge in [-0.25, -0.2) is 0 Å². The van der Waals surface area contributed by atoms with E-state index in [1.54, 1.807) is 6.33 Å². The summed E-state index contributed by atoms with van der Waals surface area (Å²) >= 11 is 0. The summed E-state index contributed by atoms with van der Waals surface area (Å²) in [5, 5.41) is 20.1. The molecular formula is C11H18N4O2. The SMILES string of the molecule is Cn1cnnc1CNCC1CCCC1C(=O)O. The molecular weight excluding hydrogens is 220 g/mol. The van der Waals surface area contributed by atoms with Crippen molar-refractivity contribution in [3.8, 4) is 0 Å². The number of carbonyl (C=O) groups is 1. The lowest BCUT2D eigenvalue weighted by molar-refractivity contribution is -0.142. The van der Waals surface area contributed by atoms with Crippen LogP contribution in [0.3, 0.4) is 0 Å². The normalized spacial score (nSPS) is 24.1. The lowest BCUT2D eigenvalue weighted by atomic mass is 9.96. The summed E-state index contributed by atoms with van der Waals surface area (Å²) in [7, 11) is 1.90. The van der Waals surface area contributed by atoms with Crippen molar-refractivity contribution in [2.75, 3.05) is 6.54 Å². The van der Waals surface area contributed by atoms with Gasteiger partial charge in [0.15, 0.2) is 0 Å². The van der Waals surface area contributed by atoms with Gasteiger partial charge in [-0.1, -0.05) is 6.42 Å². The summed E-state index contributed by atoms with van der Waals surface area (Å²) in [4.78, 5) is 11.0. The molecule has 2 rings (SSSR count). The van der Waals surface area contributed by atoms with E-state index < -0.39 is 5.97 Å². The van der Waals surface area contributed by atoms with Crippen LogP contribution in [0.15, 0.2) is 6.33 Å². The molecule has 0 bridgehead atoms. The standard InChI is InChI=1S/C11H18N4O2/c1-15-7-13-14-10(15)6-12-5-8-3-2-4-9(8)11(16)17/h7-9,12H,2-6H2,1H3,(H,16,17). The maximum atomic E-state index is 11.0. The van der Waals surface area contributed by atoms with Crippen LogP contribution >= 0.6 is 0 Å². The first-order valence-electron chi connectivity index (χ1n) is 5.95. The lowest BCUT2D eigenvalue weighted by Gasteiger charge is -2.15. The summed E-state index contributed by atoms with van der Waals surface area (Å²) in [5.41, 5.74) is 0. The zero-order valence-electron chi connectivity index (χ0n) is 9.96. The van der Waals surface area contributed by atoms with Gasteiger partial charge < -0.3 is 15.0 Å². The van der Waals surface area contributed by atoms with Crippen molar-refractivity contribution in [2.24, 2.45) is 18.9 Å². The number of carboxylic acid groups (broad SMARTS) is 1. The molecule has 2 unspecified atom stereocenters. The van der Waals surface area contributed by atoms with Crippen LogP contribution in [0, 0.1) is 11.8 Å². The molecule has 0 saturated heterocycles. The second-order valence-electron chi connectivity index (χ2n) is 4.62. The Bertz CT molecular complexity index is 391. The quantitative estimate of drug-likeness (QED) is 0.776. The van der Waals surface area contributed by atoms with E-state index in [1.807, 2.05) is 11.6 Å². The monoisotopic (exact) mass is 238 g/mol. The van der Waals surface area contributed by atoms with Crippen LogP contribution in [0.4, 0.5) is 0 Å². The van der Waals surface area contributed by atoms with Crippen molar-refractivity contribution >= 4 is 5.97 Å². The van der Waals surface area contributed by atoms with Gasteiger partial charge >= 0.3 is 5.97 Å². The Morgan fingerprint density at radius 1 is 1.65 bits per heavy atom. The number of rotatable bonds is 5. The van der Waals surface area contributed by atoms with Gasteiger partial charge in [0.2, 0.25) is 0 Å². The van der Waals surface area contributed by atoms with Crippen molar-refractivity contribution in [1.29, 1.82) is 0 Å². The summed E-state index contributed by atoms with van der Waals surface area (Å²) in [6, 6.07) is 0. The highest BCUT2D eigenvalue weighted by Gasteiger charge is 2.32. The van der Waals surface area contributed by atoms with E-state index in [4.69, 9.17) is 5.11 Å². The number of hydrogen-bond acceptors (Lipinski definition) is 4. The van der Waals surface area contributed by atoms with E-state index in [0.29, 0.717) is 6.54 Å². The Balaban J connectivity index is 1.79. The summed E-state index contributed by atoms with van der Waals surface area (Å²) in [6.07, 6.45) is 4.49. The highest BCUT2D eigenvalue weighted by Crippen LogP contribution is 2.31. The Hall–Kier alpha value is -1.43. The van der Waals surface area contributed by atoms with Gasteiger partial charge in [0.1, 0.15) is 12.2 Å². The largest absolute Gasteiger partial charge is 0.481 e. The minimum Gasteiger partial charge on any atom is -0.481 e. The van der Waals surface area contributed by atoms with Crippen molar-refractivity contribution in [1.82, 2.24) is 20.1 Å². The van der Waals surface area contributed by atoms with Gasteiger partial charge in [-0.3, -0.25) is 4.79 Å². The molecule has 1 heterocycles. The van der Waals surface area contributed by atoms with Gasteiger partial charge in [0.05, 0.1) is 12.5 Å². The van der Waals surface area contributed by atoms with E-state index >= 15 is 0 Å². The molecule has 17 heavy (non-hydrogen) atoms. The summed E-state index contributed by atoms with van der Waals surface area (Å²) in [5.74, 6) is 0.283. The molecule has 6 nitrogen and oxygen atoms in total. The summed E-state index contributed by atoms with van der Waals surface area (Å²) in [6.45, 7) is 1.38. The molecule has 1 fully saturated rings. The molecule has 0 aliphatic heterocycles. The Kier molecular flexibility index (Phi) is 3.73. The number of aliphatic carboxylic acids is 1. The molecule has 0 aromatic carbocycles. The average Bonchev–Trinajstić information content (AvgIpc) is 2.88. The van der Waals surface area contributed by atoms with Crippen LogP contribution < -0.4 is 5.32 Å². The fourth-order valence-electron chi connectivity index (χ4n) is 2.44. The zero-order valence-corrected chi connectivity index (χ0v) is 9.96. The second-order valence-corrected chi connectivity index (χ2v) is 4.62. The number of aromatic nitrogens is 3. The Morgan fingerprint density at radius 2 is 2.47 bits per heavy atom. The smallest absolute Gasteiger partial charge is 0.306 e. The van der Waals surface area contributed by atoms with Crippen LogP contribution in [-0.2, 0) is 18.4 Å². The molecule has 1 aliphatic carbocycles. The summed E-state index contributed by atoms with van der Waals surface area (Å²) < 4.78 is 1.86. The van der Waals surface area contributed by atoms with E-state index in [0.717, 1.165) is 31.6 Å². The molecule has 1 aliphatic rings. The number of nitrogens with zero attached hydrogens (tertiary/aromatic N) is 3. The van der Waals surface area contributed by atoms with E-state index in [-0.39, 0.29) is 11.8 Å². The molecule has 2 atom stereocenters. The predicted octanol–water partition coefficient (Wildman–Crippen LogP) is 0.406. The van der Waals surface area contributed by atoms with E-state index in [2.05, 4.69) is 15.5 Å². The average molecular weight is 238 g/mol. The third-order valence-corrected chi connectivity index (χ3v) is 3.47. The van der Waals surface area contributed by atoms with Gasteiger partial charge in [0, 0.05) is 7.05 Å². The molecule has 94 valence electrons. The van der Waals surface area contributed by atoms with Crippen molar-refractivity contribution < 1.29 is 9.90 Å². The first kappa shape index (κ1) is 12.0. The van der Waals surface area contributed by atoms with Crippen LogP contribution in [-0.4, -0.2) is 32.4 Å². The minimum absolute atomic E-state index is 0.179. The third-order valence-electron chi connectivity index (χ3n) is 3.47. The number of hydrogen-bond donors (Lipinski definition) is 2. The van der Waals surface area contributed by atoms with E-state index in [9.17, 15) is 4.79 Å². The highest BCUT2D eigenvalue weighted by atomic mass is 16.4. The maximum Gasteiger partial charge on any atom is 0.306 e. The highest BCUT2D eigenvalue weighted by molar-refractivity contribution is 5.70. The first-order chi connectivity index (χ1) is 8.18. The van der Waals surface area contributed by atoms with Crippen LogP contribution in [0.1, 0.15) is 25.1 Å². The minimum atomic E-state index is -0.659. The van der Waals surface area contributed by atoms with Crippen LogP contribution in [0.25, 0.3) is 0 Å². The zero-order chi connectivity index (χ0) is 12.3. The molecule has 0 radical (unpaired) electrons. The molecule has 1 aromatic heterocycles. The van der Waals surface area contributed by atoms with Crippen LogP contribution in [0.5, 0.6) is 0 Å². The van der Waals surface area contributed by atoms with Gasteiger partial charge in [-0.15, -0.1) is 10.2 Å². The molecule has 0 spiro atoms. The second kappa shape index (κ2) is 5.27. The van der Waals surface area contributed by atoms with Crippen molar-refractivity contribution in [2.45, 2.75) is 25.8 Å². The Labute approximate surface area is 100 Å². The van der Waals surface area contributed by atoms with Crippen molar-refractivity contribution in [3.63, 3.8) is 0 Å². The number of nitrogens with one attached hydrogen (secondary N) is 1. The number of carboxylic acids is 1. The molecule has 6 heteroatoms. The maximum absolute atomic E-state index is 11.0. The fraction of sp³-hybridized carbons (Fsp3) is 0.727. The predicted molar refractivity (Wildman–Crippen MR) is 61.2 cm³/mol. The van der Waals surface area contributed by atoms with E-state index in [1.165, 1.54) is 0 Å².